The van der Waals surface area contributed by atoms with Crippen LogP contribution in [0.2, 0.25) is 0 Å². The number of anilines is 1. The fourth-order valence-electron chi connectivity index (χ4n) is 3.57. The van der Waals surface area contributed by atoms with Gasteiger partial charge in [-0.1, -0.05) is 6.07 Å². The van der Waals surface area contributed by atoms with Crippen molar-refractivity contribution in [3.8, 4) is 0 Å². The molecule has 0 atom stereocenters. The van der Waals surface area contributed by atoms with E-state index in [0.717, 1.165) is 50.6 Å². The van der Waals surface area contributed by atoms with E-state index in [1.54, 1.807) is 0 Å². The minimum atomic E-state index is -0.0691. The summed E-state index contributed by atoms with van der Waals surface area (Å²) in [7, 11) is 0. The van der Waals surface area contributed by atoms with Crippen LogP contribution in [0.4, 0.5) is 5.82 Å². The molecule has 0 aromatic carbocycles. The first-order valence-electron chi connectivity index (χ1n) is 8.37. The standard InChI is InChI=1S/C17H27N3OS/c1-22-13-14-2-3-17(18-12-14)20-8-4-15(5-9-20)19-10-6-16(21)7-11-19/h2-3,12,15-16,21H,4-11,13H2,1H3. The highest BCUT2D eigenvalue weighted by Crippen LogP contribution is 2.24. The first-order chi connectivity index (χ1) is 10.8. The van der Waals surface area contributed by atoms with E-state index in [0.29, 0.717) is 6.04 Å². The fraction of sp³-hybridized carbons (Fsp3) is 0.706. The summed E-state index contributed by atoms with van der Waals surface area (Å²) in [5.41, 5.74) is 1.30. The van der Waals surface area contributed by atoms with Crippen LogP contribution < -0.4 is 4.90 Å². The highest BCUT2D eigenvalue weighted by Gasteiger charge is 2.27. The second kappa shape index (κ2) is 7.66. The summed E-state index contributed by atoms with van der Waals surface area (Å²) in [6.45, 7) is 4.32. The van der Waals surface area contributed by atoms with Gasteiger partial charge in [-0.05, 0) is 43.6 Å². The molecule has 0 radical (unpaired) electrons. The summed E-state index contributed by atoms with van der Waals surface area (Å²) in [4.78, 5) is 9.63. The lowest BCUT2D eigenvalue weighted by molar-refractivity contribution is 0.0542. The zero-order chi connectivity index (χ0) is 15.4. The van der Waals surface area contributed by atoms with Gasteiger partial charge in [-0.25, -0.2) is 4.98 Å². The molecule has 2 aliphatic heterocycles. The molecule has 0 aliphatic carbocycles. The van der Waals surface area contributed by atoms with Crippen molar-refractivity contribution in [3.05, 3.63) is 23.9 Å². The summed E-state index contributed by atoms with van der Waals surface area (Å²) in [5.74, 6) is 2.16. The molecule has 122 valence electrons. The van der Waals surface area contributed by atoms with Gasteiger partial charge in [-0.15, -0.1) is 0 Å². The first-order valence-corrected chi connectivity index (χ1v) is 9.76. The summed E-state index contributed by atoms with van der Waals surface area (Å²) in [5, 5.41) is 9.63. The van der Waals surface area contributed by atoms with Crippen LogP contribution in [0.3, 0.4) is 0 Å². The molecule has 2 saturated heterocycles. The normalized spacial score (nSPS) is 22.2. The lowest BCUT2D eigenvalue weighted by atomic mass is 9.99. The van der Waals surface area contributed by atoms with Gasteiger partial charge in [0.2, 0.25) is 0 Å². The third-order valence-electron chi connectivity index (χ3n) is 4.92. The van der Waals surface area contributed by atoms with Crippen LogP contribution in [0.5, 0.6) is 0 Å². The molecule has 0 bridgehead atoms. The van der Waals surface area contributed by atoms with Crippen molar-refractivity contribution in [3.63, 3.8) is 0 Å². The average molecular weight is 321 g/mol. The molecule has 3 heterocycles. The molecular formula is C17H27N3OS. The Morgan fingerprint density at radius 3 is 2.45 bits per heavy atom. The van der Waals surface area contributed by atoms with Gasteiger partial charge in [0.15, 0.2) is 0 Å². The quantitative estimate of drug-likeness (QED) is 0.922. The maximum Gasteiger partial charge on any atom is 0.128 e. The van der Waals surface area contributed by atoms with Crippen molar-refractivity contribution in [2.75, 3.05) is 37.3 Å². The Balaban J connectivity index is 1.50. The number of pyridine rings is 1. The zero-order valence-electron chi connectivity index (χ0n) is 13.4. The van der Waals surface area contributed by atoms with Gasteiger partial charge >= 0.3 is 0 Å². The van der Waals surface area contributed by atoms with Gasteiger partial charge in [0.1, 0.15) is 5.82 Å². The van der Waals surface area contributed by atoms with Gasteiger partial charge in [0.05, 0.1) is 6.10 Å². The lowest BCUT2D eigenvalue weighted by Crippen LogP contribution is -2.48. The van der Waals surface area contributed by atoms with E-state index in [2.05, 4.69) is 33.2 Å². The Hall–Kier alpha value is -0.780. The van der Waals surface area contributed by atoms with Gasteiger partial charge in [0.25, 0.3) is 0 Å². The largest absolute Gasteiger partial charge is 0.393 e. The van der Waals surface area contributed by atoms with E-state index in [4.69, 9.17) is 0 Å². The van der Waals surface area contributed by atoms with Crippen molar-refractivity contribution in [1.82, 2.24) is 9.88 Å². The molecular weight excluding hydrogens is 294 g/mol. The average Bonchev–Trinajstić information content (AvgIpc) is 2.57. The number of aliphatic hydroxyl groups excluding tert-OH is 1. The van der Waals surface area contributed by atoms with Crippen LogP contribution in [0.1, 0.15) is 31.2 Å². The van der Waals surface area contributed by atoms with Gasteiger partial charge in [-0.3, -0.25) is 0 Å². The maximum absolute atomic E-state index is 9.63. The second-order valence-electron chi connectivity index (χ2n) is 6.44. The van der Waals surface area contributed by atoms with Crippen molar-refractivity contribution in [1.29, 1.82) is 0 Å². The molecule has 0 saturated carbocycles. The van der Waals surface area contributed by atoms with E-state index in [9.17, 15) is 5.11 Å². The minimum absolute atomic E-state index is 0.0691. The number of hydrogen-bond donors (Lipinski definition) is 1. The van der Waals surface area contributed by atoms with E-state index in [1.807, 2.05) is 18.0 Å². The van der Waals surface area contributed by atoms with Crippen LogP contribution in [-0.2, 0) is 5.75 Å². The van der Waals surface area contributed by atoms with Crippen LogP contribution >= 0.6 is 11.8 Å². The van der Waals surface area contributed by atoms with Gasteiger partial charge in [-0.2, -0.15) is 11.8 Å². The van der Waals surface area contributed by atoms with Crippen molar-refractivity contribution in [2.24, 2.45) is 0 Å². The van der Waals surface area contributed by atoms with Crippen LogP contribution in [0.25, 0.3) is 0 Å². The third kappa shape index (κ3) is 3.94. The molecule has 5 heteroatoms. The summed E-state index contributed by atoms with van der Waals surface area (Å²) in [6.07, 6.45) is 8.38. The molecule has 4 nitrogen and oxygen atoms in total. The third-order valence-corrected chi connectivity index (χ3v) is 5.55. The molecule has 2 fully saturated rings. The molecule has 1 aromatic heterocycles. The molecule has 2 aliphatic rings. The van der Waals surface area contributed by atoms with Crippen LogP contribution in [0, 0.1) is 0 Å². The number of thioether (sulfide) groups is 1. The van der Waals surface area contributed by atoms with E-state index in [-0.39, 0.29) is 6.10 Å². The number of piperidine rings is 2. The molecule has 0 unspecified atom stereocenters. The molecule has 0 amide bonds. The van der Waals surface area contributed by atoms with Gasteiger partial charge < -0.3 is 14.9 Å². The smallest absolute Gasteiger partial charge is 0.128 e. The number of rotatable bonds is 4. The van der Waals surface area contributed by atoms with Crippen LogP contribution in [-0.4, -0.2) is 59.6 Å². The summed E-state index contributed by atoms with van der Waals surface area (Å²) < 4.78 is 0. The summed E-state index contributed by atoms with van der Waals surface area (Å²) >= 11 is 1.84. The highest BCUT2D eigenvalue weighted by atomic mass is 32.2. The number of aromatic nitrogens is 1. The number of hydrogen-bond acceptors (Lipinski definition) is 5. The lowest BCUT2D eigenvalue weighted by Gasteiger charge is -2.41. The fourth-order valence-corrected chi connectivity index (χ4v) is 4.07. The monoisotopic (exact) mass is 321 g/mol. The Labute approximate surface area is 137 Å². The SMILES string of the molecule is CSCc1ccc(N2CCC(N3CCC(O)CC3)CC2)nc1. The Morgan fingerprint density at radius 2 is 1.86 bits per heavy atom. The number of likely N-dealkylation sites (tertiary alicyclic amines) is 1. The minimum Gasteiger partial charge on any atom is -0.393 e. The van der Waals surface area contributed by atoms with E-state index >= 15 is 0 Å². The van der Waals surface area contributed by atoms with E-state index in [1.165, 1.54) is 18.4 Å². The molecule has 3 rings (SSSR count). The molecule has 0 spiro atoms. The number of nitrogens with zero attached hydrogens (tertiary/aromatic N) is 3. The number of aliphatic hydroxyl groups is 1. The van der Waals surface area contributed by atoms with E-state index < -0.39 is 0 Å². The predicted molar refractivity (Wildman–Crippen MR) is 93.5 cm³/mol. The second-order valence-corrected chi connectivity index (χ2v) is 7.31. The van der Waals surface area contributed by atoms with Crippen molar-refractivity contribution in [2.45, 2.75) is 43.6 Å². The maximum atomic E-state index is 9.63. The topological polar surface area (TPSA) is 39.6 Å². The van der Waals surface area contributed by atoms with Crippen molar-refractivity contribution < 1.29 is 5.11 Å². The Kier molecular flexibility index (Phi) is 5.61. The zero-order valence-corrected chi connectivity index (χ0v) is 14.3. The molecule has 1 N–H and O–H groups in total. The first kappa shape index (κ1) is 16.1. The molecule has 22 heavy (non-hydrogen) atoms. The Morgan fingerprint density at radius 1 is 1.14 bits per heavy atom. The molecule has 1 aromatic rings. The highest BCUT2D eigenvalue weighted by molar-refractivity contribution is 7.97. The predicted octanol–water partition coefficient (Wildman–Crippen LogP) is 2.37. The van der Waals surface area contributed by atoms with Crippen LogP contribution in [0.15, 0.2) is 18.3 Å². The summed E-state index contributed by atoms with van der Waals surface area (Å²) in [6, 6.07) is 5.07. The Bertz CT molecular complexity index is 451. The van der Waals surface area contributed by atoms with Crippen molar-refractivity contribution >= 4 is 17.6 Å². The van der Waals surface area contributed by atoms with Gasteiger partial charge in [0, 0.05) is 44.2 Å².